The number of hydrogen-bond donors (Lipinski definition) is 0. The summed E-state index contributed by atoms with van der Waals surface area (Å²) in [5, 5.41) is 4.57. The maximum Gasteiger partial charge on any atom is 0.143 e. The lowest BCUT2D eigenvalue weighted by molar-refractivity contribution is 0.670. The molecule has 0 spiro atoms. The Bertz CT molecular complexity index is 3350. The van der Waals surface area contributed by atoms with Gasteiger partial charge in [0.05, 0.1) is 5.41 Å². The van der Waals surface area contributed by atoms with Crippen LogP contribution in [0.15, 0.2) is 241 Å². The molecule has 1 aliphatic rings. The summed E-state index contributed by atoms with van der Waals surface area (Å²) < 4.78 is 7.06. The minimum absolute atomic E-state index is 0.507. The first-order valence-electron chi connectivity index (χ1n) is 21.0. The maximum absolute atomic E-state index is 7.06. The third kappa shape index (κ3) is 5.50. The van der Waals surface area contributed by atoms with Crippen molar-refractivity contribution in [2.75, 3.05) is 4.90 Å². The van der Waals surface area contributed by atoms with Crippen molar-refractivity contribution in [2.24, 2.45) is 0 Å². The molecule has 0 saturated heterocycles. The Morgan fingerprint density at radius 2 is 0.902 bits per heavy atom. The largest absolute Gasteiger partial charge is 0.455 e. The van der Waals surface area contributed by atoms with Crippen LogP contribution in [0.5, 0.6) is 0 Å². The summed E-state index contributed by atoms with van der Waals surface area (Å²) >= 11 is 0. The van der Waals surface area contributed by atoms with Gasteiger partial charge in [-0.2, -0.15) is 0 Å². The molecule has 1 heterocycles. The predicted molar refractivity (Wildman–Crippen MR) is 254 cm³/mol. The molecule has 0 atom stereocenters. The Kier molecular flexibility index (Phi) is 8.11. The molecule has 0 amide bonds. The Morgan fingerprint density at radius 1 is 0.344 bits per heavy atom. The number of hydrogen-bond acceptors (Lipinski definition) is 2. The van der Waals surface area contributed by atoms with Crippen LogP contribution >= 0.6 is 0 Å². The average Bonchev–Trinajstić information content (AvgIpc) is 3.85. The lowest BCUT2D eigenvalue weighted by Crippen LogP contribution is -2.28. The van der Waals surface area contributed by atoms with Gasteiger partial charge in [0.1, 0.15) is 11.2 Å². The van der Waals surface area contributed by atoms with Crippen molar-refractivity contribution in [1.29, 1.82) is 0 Å². The van der Waals surface area contributed by atoms with Gasteiger partial charge in [0.25, 0.3) is 0 Å². The van der Waals surface area contributed by atoms with Crippen LogP contribution in [0, 0.1) is 0 Å². The highest BCUT2D eigenvalue weighted by atomic mass is 16.3. The molecule has 286 valence electrons. The van der Waals surface area contributed by atoms with Crippen LogP contribution in [0.2, 0.25) is 0 Å². The first-order valence-corrected chi connectivity index (χ1v) is 21.0. The molecule has 0 N–H and O–H groups in total. The highest BCUT2D eigenvalue weighted by Crippen LogP contribution is 2.57. The lowest BCUT2D eigenvalue weighted by Gasteiger charge is -2.35. The summed E-state index contributed by atoms with van der Waals surface area (Å²) in [7, 11) is 0. The Labute approximate surface area is 355 Å². The molecule has 10 aromatic carbocycles. The highest BCUT2D eigenvalue weighted by molar-refractivity contribution is 6.18. The van der Waals surface area contributed by atoms with Crippen molar-refractivity contribution in [3.05, 3.63) is 259 Å². The zero-order chi connectivity index (χ0) is 40.3. The second kappa shape index (κ2) is 14.1. The van der Waals surface area contributed by atoms with E-state index in [4.69, 9.17) is 4.42 Å². The average molecular weight is 778 g/mol. The third-order valence-electron chi connectivity index (χ3n) is 12.7. The van der Waals surface area contributed by atoms with Gasteiger partial charge in [-0.05, 0) is 103 Å². The van der Waals surface area contributed by atoms with Crippen LogP contribution in [0.3, 0.4) is 0 Å². The summed E-state index contributed by atoms with van der Waals surface area (Å²) in [6, 6.07) is 85.8. The lowest BCUT2D eigenvalue weighted by atomic mass is 9.67. The van der Waals surface area contributed by atoms with E-state index in [0.29, 0.717) is 0 Å². The van der Waals surface area contributed by atoms with E-state index in [-0.39, 0.29) is 0 Å². The molecule has 11 aromatic rings. The first-order chi connectivity index (χ1) is 30.3. The number of nitrogens with zero attached hydrogens (tertiary/aromatic N) is 1. The van der Waals surface area contributed by atoms with Crippen LogP contribution in [-0.4, -0.2) is 0 Å². The predicted octanol–water partition coefficient (Wildman–Crippen LogP) is 15.9. The molecular weight excluding hydrogens is 739 g/mol. The summed E-state index contributed by atoms with van der Waals surface area (Å²) in [6.07, 6.45) is 0. The third-order valence-corrected chi connectivity index (χ3v) is 12.7. The van der Waals surface area contributed by atoms with Crippen molar-refractivity contribution in [1.82, 2.24) is 0 Å². The maximum atomic E-state index is 7.06. The first kappa shape index (κ1) is 35.0. The fourth-order valence-electron chi connectivity index (χ4n) is 10.0. The molecule has 12 rings (SSSR count). The van der Waals surface area contributed by atoms with Crippen LogP contribution in [0.25, 0.3) is 66.1 Å². The van der Waals surface area contributed by atoms with E-state index in [1.807, 2.05) is 0 Å². The second-order valence-electron chi connectivity index (χ2n) is 16.0. The Morgan fingerprint density at radius 3 is 1.64 bits per heavy atom. The Hall–Kier alpha value is -7.94. The van der Waals surface area contributed by atoms with Crippen LogP contribution in [0.4, 0.5) is 17.1 Å². The number of para-hydroxylation sites is 1. The SMILES string of the molecule is c1ccc(-c2ccc(-c3c4ccccc4cc4c3oc3cc(N(c5ccccc5)c5ccc6c(c5)C(c5ccccc5)(c5ccccc5)c5ccccc5-6)ccc34)cc2)cc1. The van der Waals surface area contributed by atoms with E-state index in [1.165, 1.54) is 55.3 Å². The minimum atomic E-state index is -0.507. The summed E-state index contributed by atoms with van der Waals surface area (Å²) in [6.45, 7) is 0. The van der Waals surface area contributed by atoms with Gasteiger partial charge >= 0.3 is 0 Å². The van der Waals surface area contributed by atoms with Gasteiger partial charge < -0.3 is 9.32 Å². The van der Waals surface area contributed by atoms with E-state index in [1.54, 1.807) is 0 Å². The molecule has 61 heavy (non-hydrogen) atoms. The normalized spacial score (nSPS) is 12.7. The molecule has 2 nitrogen and oxygen atoms in total. The number of anilines is 3. The standard InChI is InChI=1S/C59H39NO/c1-5-17-40(18-6-1)41-29-31-42(32-30-41)57-49-26-14-13-19-43(49)37-53-52-36-34-48(39-56(52)61-58(53)57)60(46-24-11-4-12-25-46)47-33-35-51-50-27-15-16-28-54(50)59(55(51)38-47,44-20-7-2-8-21-44)45-22-9-3-10-23-45/h1-39H. The summed E-state index contributed by atoms with van der Waals surface area (Å²) in [5.74, 6) is 0. The molecule has 2 heteroatoms. The van der Waals surface area contributed by atoms with Gasteiger partial charge in [-0.1, -0.05) is 188 Å². The molecular formula is C59H39NO. The van der Waals surface area contributed by atoms with Gasteiger partial charge in [0.15, 0.2) is 0 Å². The zero-order valence-corrected chi connectivity index (χ0v) is 33.4. The van der Waals surface area contributed by atoms with Gasteiger partial charge in [-0.15, -0.1) is 0 Å². The molecule has 0 bridgehead atoms. The molecule has 1 aromatic heterocycles. The fraction of sp³-hybridized carbons (Fsp3) is 0.0169. The van der Waals surface area contributed by atoms with Crippen LogP contribution < -0.4 is 4.90 Å². The number of furan rings is 1. The number of benzene rings is 10. The molecule has 0 fully saturated rings. The monoisotopic (exact) mass is 777 g/mol. The van der Waals surface area contributed by atoms with Gasteiger partial charge in [-0.25, -0.2) is 0 Å². The number of rotatable bonds is 7. The van der Waals surface area contributed by atoms with Crippen LogP contribution in [0.1, 0.15) is 22.3 Å². The fourth-order valence-corrected chi connectivity index (χ4v) is 10.0. The molecule has 0 unspecified atom stereocenters. The van der Waals surface area contributed by atoms with Gasteiger partial charge in [-0.3, -0.25) is 0 Å². The summed E-state index contributed by atoms with van der Waals surface area (Å²) in [5.41, 5.74) is 16.6. The zero-order valence-electron chi connectivity index (χ0n) is 33.4. The highest BCUT2D eigenvalue weighted by Gasteiger charge is 2.46. The smallest absolute Gasteiger partial charge is 0.143 e. The molecule has 0 aliphatic heterocycles. The van der Waals surface area contributed by atoms with E-state index >= 15 is 0 Å². The van der Waals surface area contributed by atoms with Crippen molar-refractivity contribution in [3.63, 3.8) is 0 Å². The molecule has 1 aliphatic carbocycles. The van der Waals surface area contributed by atoms with Crippen molar-refractivity contribution in [3.8, 4) is 33.4 Å². The van der Waals surface area contributed by atoms with Crippen molar-refractivity contribution < 1.29 is 4.42 Å². The Balaban J connectivity index is 1.06. The molecule has 0 radical (unpaired) electrons. The van der Waals surface area contributed by atoms with Gasteiger partial charge in [0.2, 0.25) is 0 Å². The van der Waals surface area contributed by atoms with Crippen molar-refractivity contribution >= 4 is 49.8 Å². The van der Waals surface area contributed by atoms with Gasteiger partial charge in [0, 0.05) is 39.5 Å². The van der Waals surface area contributed by atoms with Crippen molar-refractivity contribution in [2.45, 2.75) is 5.41 Å². The van der Waals surface area contributed by atoms with E-state index in [0.717, 1.165) is 50.1 Å². The topological polar surface area (TPSA) is 16.4 Å². The van der Waals surface area contributed by atoms with E-state index < -0.39 is 5.41 Å². The minimum Gasteiger partial charge on any atom is -0.455 e. The van der Waals surface area contributed by atoms with E-state index in [2.05, 4.69) is 241 Å². The van der Waals surface area contributed by atoms with E-state index in [9.17, 15) is 0 Å². The van der Waals surface area contributed by atoms with Crippen LogP contribution in [-0.2, 0) is 5.41 Å². The second-order valence-corrected chi connectivity index (χ2v) is 16.0. The molecule has 0 saturated carbocycles. The quantitative estimate of drug-likeness (QED) is 0.160. The number of fused-ring (bicyclic) bond motifs is 7. The summed E-state index contributed by atoms with van der Waals surface area (Å²) in [4.78, 5) is 2.37.